The number of aliphatic hydroxyl groups excluding tert-OH is 1. The molecule has 106 valence electrons. The van der Waals surface area contributed by atoms with Crippen LogP contribution in [0, 0.1) is 17.8 Å². The lowest BCUT2D eigenvalue weighted by Crippen LogP contribution is -2.39. The summed E-state index contributed by atoms with van der Waals surface area (Å²) in [5, 5.41) is 9.26. The number of nitrogens with zero attached hydrogens (tertiary/aromatic N) is 1. The van der Waals surface area contributed by atoms with E-state index in [1.807, 2.05) is 12.1 Å². The Balaban J connectivity index is 1.94. The topological polar surface area (TPSA) is 66.6 Å². The molecule has 0 bridgehead atoms. The highest BCUT2D eigenvalue weighted by molar-refractivity contribution is 5.94. The van der Waals surface area contributed by atoms with Gasteiger partial charge in [-0.3, -0.25) is 4.79 Å². The number of carbonyl (C=O) groups excluding carboxylic acids is 1. The van der Waals surface area contributed by atoms with Crippen LogP contribution in [0.4, 0.5) is 0 Å². The van der Waals surface area contributed by atoms with Crippen LogP contribution in [0.15, 0.2) is 24.3 Å². The van der Waals surface area contributed by atoms with Gasteiger partial charge < -0.3 is 15.7 Å². The first-order chi connectivity index (χ1) is 9.60. The van der Waals surface area contributed by atoms with Gasteiger partial charge in [0.05, 0.1) is 12.6 Å². The van der Waals surface area contributed by atoms with Gasteiger partial charge in [0.25, 0.3) is 5.91 Å². The maximum atomic E-state index is 12.2. The SMILES string of the molecule is CN(CC1CC(O)C1)C(=O)c1ccc(C#CCN)cc1. The third kappa shape index (κ3) is 3.60. The first-order valence-electron chi connectivity index (χ1n) is 6.82. The second-order valence-electron chi connectivity index (χ2n) is 5.26. The van der Waals surface area contributed by atoms with Crippen molar-refractivity contribution in [2.75, 3.05) is 20.1 Å². The number of carbonyl (C=O) groups is 1. The molecular formula is C16H20N2O2. The van der Waals surface area contributed by atoms with Crippen LogP contribution in [-0.4, -0.2) is 42.2 Å². The predicted octanol–water partition coefficient (Wildman–Crippen LogP) is 0.840. The van der Waals surface area contributed by atoms with Crippen LogP contribution in [0.5, 0.6) is 0 Å². The molecule has 4 heteroatoms. The number of amides is 1. The lowest BCUT2D eigenvalue weighted by atomic mass is 9.82. The lowest BCUT2D eigenvalue weighted by Gasteiger charge is -2.34. The summed E-state index contributed by atoms with van der Waals surface area (Å²) in [5.41, 5.74) is 6.83. The van der Waals surface area contributed by atoms with Gasteiger partial charge in [0.2, 0.25) is 0 Å². The van der Waals surface area contributed by atoms with Crippen LogP contribution in [0.2, 0.25) is 0 Å². The van der Waals surface area contributed by atoms with E-state index in [1.54, 1.807) is 24.1 Å². The Kier molecular flexibility index (Phi) is 4.78. The van der Waals surface area contributed by atoms with Crippen molar-refractivity contribution in [1.29, 1.82) is 0 Å². The van der Waals surface area contributed by atoms with Crippen LogP contribution in [0.25, 0.3) is 0 Å². The number of benzene rings is 1. The monoisotopic (exact) mass is 272 g/mol. The van der Waals surface area contributed by atoms with E-state index in [0.717, 1.165) is 18.4 Å². The zero-order valence-corrected chi connectivity index (χ0v) is 11.7. The number of aliphatic hydroxyl groups is 1. The molecule has 0 radical (unpaired) electrons. The van der Waals surface area contributed by atoms with Crippen LogP contribution < -0.4 is 5.73 Å². The number of hydrogen-bond donors (Lipinski definition) is 2. The number of nitrogens with two attached hydrogens (primary N) is 1. The van der Waals surface area contributed by atoms with Crippen LogP contribution in [0.1, 0.15) is 28.8 Å². The molecule has 1 aliphatic rings. The van der Waals surface area contributed by atoms with Crippen molar-refractivity contribution in [1.82, 2.24) is 4.90 Å². The van der Waals surface area contributed by atoms with E-state index >= 15 is 0 Å². The molecule has 0 aromatic heterocycles. The molecule has 4 nitrogen and oxygen atoms in total. The Hall–Kier alpha value is -1.83. The zero-order chi connectivity index (χ0) is 14.5. The smallest absolute Gasteiger partial charge is 0.253 e. The molecule has 1 aliphatic carbocycles. The summed E-state index contributed by atoms with van der Waals surface area (Å²) in [5.74, 6) is 6.14. The quantitative estimate of drug-likeness (QED) is 0.801. The summed E-state index contributed by atoms with van der Waals surface area (Å²) >= 11 is 0. The Bertz CT molecular complexity index is 522. The fourth-order valence-electron chi connectivity index (χ4n) is 2.39. The molecule has 20 heavy (non-hydrogen) atoms. The molecule has 2 rings (SSSR count). The van der Waals surface area contributed by atoms with Gasteiger partial charge in [0, 0.05) is 24.7 Å². The van der Waals surface area contributed by atoms with Gasteiger partial charge in [0.15, 0.2) is 0 Å². The Morgan fingerprint density at radius 1 is 1.40 bits per heavy atom. The van der Waals surface area contributed by atoms with Gasteiger partial charge in [-0.15, -0.1) is 0 Å². The van der Waals surface area contributed by atoms with E-state index in [-0.39, 0.29) is 12.0 Å². The van der Waals surface area contributed by atoms with Gasteiger partial charge in [-0.2, -0.15) is 0 Å². The molecule has 3 N–H and O–H groups in total. The van der Waals surface area contributed by atoms with Gasteiger partial charge in [-0.05, 0) is 43.0 Å². The van der Waals surface area contributed by atoms with Gasteiger partial charge in [0.1, 0.15) is 0 Å². The molecule has 0 saturated heterocycles. The average Bonchev–Trinajstić information content (AvgIpc) is 2.43. The average molecular weight is 272 g/mol. The summed E-state index contributed by atoms with van der Waals surface area (Å²) in [6.45, 7) is 1.03. The largest absolute Gasteiger partial charge is 0.393 e. The van der Waals surface area contributed by atoms with E-state index in [0.29, 0.717) is 24.6 Å². The Morgan fingerprint density at radius 3 is 2.60 bits per heavy atom. The highest BCUT2D eigenvalue weighted by atomic mass is 16.3. The Labute approximate surface area is 119 Å². The van der Waals surface area contributed by atoms with E-state index in [4.69, 9.17) is 5.73 Å². The second kappa shape index (κ2) is 6.56. The van der Waals surface area contributed by atoms with E-state index in [2.05, 4.69) is 11.8 Å². The third-order valence-corrected chi connectivity index (χ3v) is 3.56. The molecule has 1 aromatic carbocycles. The van der Waals surface area contributed by atoms with E-state index < -0.39 is 0 Å². The third-order valence-electron chi connectivity index (χ3n) is 3.56. The minimum Gasteiger partial charge on any atom is -0.393 e. The first kappa shape index (κ1) is 14.6. The van der Waals surface area contributed by atoms with E-state index in [9.17, 15) is 9.90 Å². The molecule has 0 spiro atoms. The minimum atomic E-state index is -0.177. The molecular weight excluding hydrogens is 252 g/mol. The van der Waals surface area contributed by atoms with E-state index in [1.165, 1.54) is 0 Å². The highest BCUT2D eigenvalue weighted by Gasteiger charge is 2.29. The number of hydrogen-bond acceptors (Lipinski definition) is 3. The van der Waals surface area contributed by atoms with Gasteiger partial charge >= 0.3 is 0 Å². The molecule has 0 unspecified atom stereocenters. The minimum absolute atomic E-state index is 0.00437. The summed E-state index contributed by atoms with van der Waals surface area (Å²) in [6, 6.07) is 7.23. The summed E-state index contributed by atoms with van der Waals surface area (Å²) in [4.78, 5) is 14.0. The number of rotatable bonds is 3. The van der Waals surface area contributed by atoms with Crippen LogP contribution >= 0.6 is 0 Å². The normalized spacial score (nSPS) is 20.6. The Morgan fingerprint density at radius 2 is 2.05 bits per heavy atom. The first-order valence-corrected chi connectivity index (χ1v) is 6.82. The summed E-state index contributed by atoms with van der Waals surface area (Å²) in [6.07, 6.45) is 1.42. The van der Waals surface area contributed by atoms with Crippen molar-refractivity contribution < 1.29 is 9.90 Å². The van der Waals surface area contributed by atoms with Gasteiger partial charge in [-0.1, -0.05) is 11.8 Å². The second-order valence-corrected chi connectivity index (χ2v) is 5.26. The maximum absolute atomic E-state index is 12.2. The zero-order valence-electron chi connectivity index (χ0n) is 11.7. The molecule has 1 saturated carbocycles. The van der Waals surface area contributed by atoms with Crippen molar-refractivity contribution in [3.8, 4) is 11.8 Å². The molecule has 0 aliphatic heterocycles. The fourth-order valence-corrected chi connectivity index (χ4v) is 2.39. The van der Waals surface area contributed by atoms with Crippen molar-refractivity contribution in [2.24, 2.45) is 11.7 Å². The molecule has 1 amide bonds. The predicted molar refractivity (Wildman–Crippen MR) is 78.1 cm³/mol. The molecule has 0 heterocycles. The van der Waals surface area contributed by atoms with Crippen molar-refractivity contribution in [3.63, 3.8) is 0 Å². The summed E-state index contributed by atoms with van der Waals surface area (Å²) in [7, 11) is 1.80. The maximum Gasteiger partial charge on any atom is 0.253 e. The van der Waals surface area contributed by atoms with Crippen LogP contribution in [-0.2, 0) is 0 Å². The lowest BCUT2D eigenvalue weighted by molar-refractivity contribution is 0.0265. The fraction of sp³-hybridized carbons (Fsp3) is 0.438. The van der Waals surface area contributed by atoms with Crippen molar-refractivity contribution in [3.05, 3.63) is 35.4 Å². The highest BCUT2D eigenvalue weighted by Crippen LogP contribution is 2.27. The molecule has 1 aromatic rings. The molecule has 1 fully saturated rings. The molecule has 0 atom stereocenters. The standard InChI is InChI=1S/C16H20N2O2/c1-18(11-13-9-15(19)10-13)16(20)14-6-4-12(5-7-14)3-2-8-17/h4-7,13,15,19H,8-11,17H2,1H3. The van der Waals surface area contributed by atoms with Crippen molar-refractivity contribution >= 4 is 5.91 Å². The summed E-state index contributed by atoms with van der Waals surface area (Å²) < 4.78 is 0. The van der Waals surface area contributed by atoms with Gasteiger partial charge in [-0.25, -0.2) is 0 Å². The van der Waals surface area contributed by atoms with Crippen molar-refractivity contribution in [2.45, 2.75) is 18.9 Å². The van der Waals surface area contributed by atoms with Crippen LogP contribution in [0.3, 0.4) is 0 Å².